The summed E-state index contributed by atoms with van der Waals surface area (Å²) in [4.78, 5) is 5.26. The van der Waals surface area contributed by atoms with Gasteiger partial charge in [-0.3, -0.25) is 4.90 Å². The molecule has 0 amide bonds. The summed E-state index contributed by atoms with van der Waals surface area (Å²) in [7, 11) is 0. The zero-order valence-electron chi connectivity index (χ0n) is 15.0. The zero-order valence-corrected chi connectivity index (χ0v) is 15.0. The lowest BCUT2D eigenvalue weighted by atomic mass is 9.93. The van der Waals surface area contributed by atoms with Gasteiger partial charge in [-0.15, -0.1) is 0 Å². The van der Waals surface area contributed by atoms with E-state index in [2.05, 4.69) is 53.1 Å². The Bertz CT molecular complexity index is 528. The molecule has 1 aromatic rings. The van der Waals surface area contributed by atoms with Crippen LogP contribution in [0.15, 0.2) is 36.4 Å². The monoisotopic (exact) mass is 312 g/mol. The molecule has 2 fully saturated rings. The molecular weight excluding hydrogens is 280 g/mol. The summed E-state index contributed by atoms with van der Waals surface area (Å²) >= 11 is 0. The summed E-state index contributed by atoms with van der Waals surface area (Å²) in [6.07, 6.45) is 7.83. The fraction of sp³-hybridized carbons (Fsp3) is 0.619. The van der Waals surface area contributed by atoms with E-state index in [0.29, 0.717) is 0 Å². The third-order valence-corrected chi connectivity index (χ3v) is 5.74. The van der Waals surface area contributed by atoms with Crippen LogP contribution in [0.5, 0.6) is 0 Å². The Balaban J connectivity index is 0.000000753. The standard InChI is InChI=1S/C19H26N2.C2H6/c1-15-4-2-3-5-19(15)21-10-8-20(9-11-21)14-18-13-16-6-7-17(18)12-16;1-2/h2-7,16-18H,8-14H2,1H3;1-2H3. The maximum Gasteiger partial charge on any atom is 0.0396 e. The summed E-state index contributed by atoms with van der Waals surface area (Å²) in [5.41, 5.74) is 2.84. The number of anilines is 1. The Kier molecular flexibility index (Phi) is 5.42. The van der Waals surface area contributed by atoms with E-state index < -0.39 is 0 Å². The second-order valence-corrected chi connectivity index (χ2v) is 7.11. The van der Waals surface area contributed by atoms with Gasteiger partial charge < -0.3 is 4.90 Å². The normalized spacial score (nSPS) is 29.5. The Morgan fingerprint density at radius 3 is 2.30 bits per heavy atom. The van der Waals surface area contributed by atoms with Gasteiger partial charge in [-0.25, -0.2) is 0 Å². The van der Waals surface area contributed by atoms with Gasteiger partial charge in [0.15, 0.2) is 0 Å². The first kappa shape index (κ1) is 16.6. The van der Waals surface area contributed by atoms with Crippen molar-refractivity contribution < 1.29 is 0 Å². The van der Waals surface area contributed by atoms with E-state index in [1.54, 1.807) is 0 Å². The third-order valence-electron chi connectivity index (χ3n) is 5.74. The highest BCUT2D eigenvalue weighted by Gasteiger charge is 2.36. The van der Waals surface area contributed by atoms with E-state index in [-0.39, 0.29) is 0 Å². The third kappa shape index (κ3) is 3.63. The van der Waals surface area contributed by atoms with Crippen LogP contribution in [0.3, 0.4) is 0 Å². The van der Waals surface area contributed by atoms with Crippen LogP contribution in [-0.2, 0) is 0 Å². The van der Waals surface area contributed by atoms with E-state index in [0.717, 1.165) is 17.8 Å². The lowest BCUT2D eigenvalue weighted by Gasteiger charge is -2.38. The lowest BCUT2D eigenvalue weighted by Crippen LogP contribution is -2.48. The maximum absolute atomic E-state index is 2.70. The molecule has 3 atom stereocenters. The number of para-hydroxylation sites is 1. The van der Waals surface area contributed by atoms with Crippen LogP contribution in [0.4, 0.5) is 5.69 Å². The van der Waals surface area contributed by atoms with Crippen molar-refractivity contribution in [1.29, 1.82) is 0 Å². The average Bonchev–Trinajstić information content (AvgIpc) is 3.21. The highest BCUT2D eigenvalue weighted by molar-refractivity contribution is 5.53. The molecule has 0 aromatic heterocycles. The van der Waals surface area contributed by atoms with Crippen LogP contribution >= 0.6 is 0 Å². The minimum absolute atomic E-state index is 0.893. The Morgan fingerprint density at radius 1 is 0.957 bits per heavy atom. The van der Waals surface area contributed by atoms with Crippen LogP contribution < -0.4 is 4.90 Å². The zero-order chi connectivity index (χ0) is 16.2. The summed E-state index contributed by atoms with van der Waals surface area (Å²) < 4.78 is 0. The molecule has 1 heterocycles. The Morgan fingerprint density at radius 2 is 1.70 bits per heavy atom. The van der Waals surface area contributed by atoms with Crippen molar-refractivity contribution in [2.24, 2.45) is 17.8 Å². The number of benzene rings is 1. The van der Waals surface area contributed by atoms with Crippen molar-refractivity contribution in [3.8, 4) is 0 Å². The van der Waals surface area contributed by atoms with Crippen molar-refractivity contribution in [3.05, 3.63) is 42.0 Å². The smallest absolute Gasteiger partial charge is 0.0396 e. The molecule has 0 radical (unpaired) electrons. The Hall–Kier alpha value is -1.28. The molecule has 2 bridgehead atoms. The van der Waals surface area contributed by atoms with Crippen LogP contribution in [0.25, 0.3) is 0 Å². The number of fused-ring (bicyclic) bond motifs is 2. The van der Waals surface area contributed by atoms with Crippen molar-refractivity contribution >= 4 is 5.69 Å². The fourth-order valence-corrected chi connectivity index (χ4v) is 4.53. The van der Waals surface area contributed by atoms with Crippen LogP contribution in [0.1, 0.15) is 32.3 Å². The van der Waals surface area contributed by atoms with Gasteiger partial charge in [0.1, 0.15) is 0 Å². The summed E-state index contributed by atoms with van der Waals surface area (Å²) in [5, 5.41) is 0. The summed E-state index contributed by atoms with van der Waals surface area (Å²) in [6.45, 7) is 12.4. The number of hydrogen-bond donors (Lipinski definition) is 0. The topological polar surface area (TPSA) is 6.48 Å². The molecule has 0 N–H and O–H groups in total. The second-order valence-electron chi connectivity index (χ2n) is 7.11. The molecule has 4 rings (SSSR count). The van der Waals surface area contributed by atoms with E-state index in [9.17, 15) is 0 Å². The molecule has 2 nitrogen and oxygen atoms in total. The molecule has 3 unspecified atom stereocenters. The minimum atomic E-state index is 0.893. The quantitative estimate of drug-likeness (QED) is 0.765. The summed E-state index contributed by atoms with van der Waals surface area (Å²) in [6, 6.07) is 8.79. The predicted octanol–water partition coefficient (Wildman–Crippen LogP) is 4.36. The number of rotatable bonds is 3. The van der Waals surface area contributed by atoms with Gasteiger partial charge in [-0.05, 0) is 49.1 Å². The second kappa shape index (κ2) is 7.53. The molecule has 126 valence electrons. The first-order valence-corrected chi connectivity index (χ1v) is 9.51. The van der Waals surface area contributed by atoms with Crippen molar-refractivity contribution in [1.82, 2.24) is 4.90 Å². The SMILES string of the molecule is CC.Cc1ccccc1N1CCN(CC2CC3C=CC2C3)CC1. The first-order chi connectivity index (χ1) is 11.3. The molecule has 0 spiro atoms. The molecule has 1 saturated carbocycles. The highest BCUT2D eigenvalue weighted by Crippen LogP contribution is 2.43. The van der Waals surface area contributed by atoms with Gasteiger partial charge in [-0.2, -0.15) is 0 Å². The van der Waals surface area contributed by atoms with E-state index in [1.165, 1.54) is 56.8 Å². The fourth-order valence-electron chi connectivity index (χ4n) is 4.53. The van der Waals surface area contributed by atoms with Gasteiger partial charge in [-0.1, -0.05) is 44.2 Å². The number of aryl methyl sites for hydroxylation is 1. The van der Waals surface area contributed by atoms with Gasteiger partial charge in [0.25, 0.3) is 0 Å². The molecule has 1 aromatic carbocycles. The molecule has 1 aliphatic heterocycles. The van der Waals surface area contributed by atoms with Gasteiger partial charge in [0.05, 0.1) is 0 Å². The number of allylic oxidation sites excluding steroid dienone is 2. The van der Waals surface area contributed by atoms with Crippen molar-refractivity contribution in [3.63, 3.8) is 0 Å². The van der Waals surface area contributed by atoms with E-state index in [4.69, 9.17) is 0 Å². The highest BCUT2D eigenvalue weighted by atomic mass is 15.3. The minimum Gasteiger partial charge on any atom is -0.369 e. The first-order valence-electron chi connectivity index (χ1n) is 9.51. The van der Waals surface area contributed by atoms with Crippen molar-refractivity contribution in [2.45, 2.75) is 33.6 Å². The van der Waals surface area contributed by atoms with E-state index in [1.807, 2.05) is 13.8 Å². The number of hydrogen-bond acceptors (Lipinski definition) is 2. The van der Waals surface area contributed by atoms with Gasteiger partial charge in [0, 0.05) is 38.4 Å². The number of piperazine rings is 1. The van der Waals surface area contributed by atoms with Crippen molar-refractivity contribution in [2.75, 3.05) is 37.6 Å². The molecule has 3 aliphatic rings. The molecule has 23 heavy (non-hydrogen) atoms. The van der Waals surface area contributed by atoms with Gasteiger partial charge >= 0.3 is 0 Å². The average molecular weight is 313 g/mol. The Labute approximate surface area is 142 Å². The largest absolute Gasteiger partial charge is 0.369 e. The molecule has 2 aliphatic carbocycles. The molecule has 2 heteroatoms. The van der Waals surface area contributed by atoms with Crippen LogP contribution in [0.2, 0.25) is 0 Å². The predicted molar refractivity (Wildman–Crippen MR) is 100 cm³/mol. The molecular formula is C21H32N2. The van der Waals surface area contributed by atoms with E-state index >= 15 is 0 Å². The summed E-state index contributed by atoms with van der Waals surface area (Å²) in [5.74, 6) is 2.74. The van der Waals surface area contributed by atoms with Crippen LogP contribution in [0, 0.1) is 24.7 Å². The maximum atomic E-state index is 2.70. The van der Waals surface area contributed by atoms with Crippen LogP contribution in [-0.4, -0.2) is 37.6 Å². The van der Waals surface area contributed by atoms with Gasteiger partial charge in [0.2, 0.25) is 0 Å². The molecule has 1 saturated heterocycles. The number of nitrogens with zero attached hydrogens (tertiary/aromatic N) is 2. The lowest BCUT2D eigenvalue weighted by molar-refractivity contribution is 0.204.